The molecule has 6 nitrogen and oxygen atoms in total. The van der Waals surface area contributed by atoms with Gasteiger partial charge in [0.15, 0.2) is 0 Å². The number of amides is 1. The molecule has 7 heteroatoms. The van der Waals surface area contributed by atoms with Crippen molar-refractivity contribution in [2.24, 2.45) is 0 Å². The van der Waals surface area contributed by atoms with Crippen molar-refractivity contribution in [3.05, 3.63) is 24.3 Å². The normalized spacial score (nSPS) is 17.9. The Labute approximate surface area is 138 Å². The van der Waals surface area contributed by atoms with E-state index in [1.165, 1.54) is 0 Å². The van der Waals surface area contributed by atoms with Gasteiger partial charge in [-0.25, -0.2) is 8.42 Å². The van der Waals surface area contributed by atoms with Gasteiger partial charge in [-0.2, -0.15) is 0 Å². The van der Waals surface area contributed by atoms with Gasteiger partial charge < -0.3 is 10.6 Å². The molecule has 23 heavy (non-hydrogen) atoms. The van der Waals surface area contributed by atoms with Gasteiger partial charge in [-0.15, -0.1) is 0 Å². The third kappa shape index (κ3) is 6.19. The predicted molar refractivity (Wildman–Crippen MR) is 93.0 cm³/mol. The number of hydrogen-bond acceptors (Lipinski definition) is 4. The van der Waals surface area contributed by atoms with Crippen molar-refractivity contribution in [1.29, 1.82) is 0 Å². The monoisotopic (exact) mass is 339 g/mol. The molecule has 0 bridgehead atoms. The highest BCUT2D eigenvalue weighted by Crippen LogP contribution is 2.16. The molecule has 0 aromatic heterocycles. The van der Waals surface area contributed by atoms with Gasteiger partial charge in [0.05, 0.1) is 5.75 Å². The number of sulfonamides is 1. The molecule has 1 saturated heterocycles. The van der Waals surface area contributed by atoms with Gasteiger partial charge in [0, 0.05) is 23.8 Å². The molecule has 1 aliphatic heterocycles. The lowest BCUT2D eigenvalue weighted by Gasteiger charge is -2.11. The molecule has 0 aliphatic carbocycles. The Balaban J connectivity index is 1.85. The smallest absolute Gasteiger partial charge is 0.232 e. The number of unbranched alkanes of at least 4 members (excludes halogenated alkanes) is 1. The summed E-state index contributed by atoms with van der Waals surface area (Å²) in [6.07, 6.45) is 4.09. The molecule has 1 aliphatic rings. The van der Waals surface area contributed by atoms with Crippen LogP contribution in [-0.4, -0.2) is 32.7 Å². The van der Waals surface area contributed by atoms with Gasteiger partial charge in [-0.05, 0) is 50.1 Å². The molecule has 1 unspecified atom stereocenters. The highest BCUT2D eigenvalue weighted by Gasteiger charge is 2.17. The van der Waals surface area contributed by atoms with Crippen LogP contribution in [0.5, 0.6) is 0 Å². The number of carbonyl (C=O) groups excluding carboxylic acids is 1. The van der Waals surface area contributed by atoms with E-state index in [0.717, 1.165) is 25.8 Å². The van der Waals surface area contributed by atoms with Crippen LogP contribution in [0.15, 0.2) is 24.3 Å². The van der Waals surface area contributed by atoms with Gasteiger partial charge >= 0.3 is 0 Å². The molecule has 1 fully saturated rings. The van der Waals surface area contributed by atoms with Gasteiger partial charge in [-0.3, -0.25) is 9.52 Å². The van der Waals surface area contributed by atoms with E-state index in [1.807, 2.05) is 6.92 Å². The number of rotatable bonds is 8. The van der Waals surface area contributed by atoms with E-state index in [9.17, 15) is 13.2 Å². The number of carbonyl (C=O) groups is 1. The second-order valence-corrected chi connectivity index (χ2v) is 7.74. The Kier molecular flexibility index (Phi) is 6.41. The second kappa shape index (κ2) is 8.31. The van der Waals surface area contributed by atoms with Crippen LogP contribution in [0.25, 0.3) is 0 Å². The van der Waals surface area contributed by atoms with Crippen molar-refractivity contribution >= 4 is 27.3 Å². The summed E-state index contributed by atoms with van der Waals surface area (Å²) in [6, 6.07) is 6.99. The average molecular weight is 339 g/mol. The second-order valence-electron chi connectivity index (χ2n) is 5.90. The Bertz CT molecular complexity index is 608. The van der Waals surface area contributed by atoms with E-state index in [-0.39, 0.29) is 17.7 Å². The fraction of sp³-hybridized carbons (Fsp3) is 0.562. The van der Waals surface area contributed by atoms with Crippen LogP contribution >= 0.6 is 0 Å². The zero-order valence-electron chi connectivity index (χ0n) is 13.5. The van der Waals surface area contributed by atoms with E-state index in [0.29, 0.717) is 24.2 Å². The summed E-state index contributed by atoms with van der Waals surface area (Å²) in [6.45, 7) is 2.93. The van der Waals surface area contributed by atoms with Gasteiger partial charge in [0.1, 0.15) is 0 Å². The summed E-state index contributed by atoms with van der Waals surface area (Å²) in [4.78, 5) is 11.9. The molecule has 1 heterocycles. The van der Waals surface area contributed by atoms with Crippen molar-refractivity contribution < 1.29 is 13.2 Å². The third-order valence-corrected chi connectivity index (χ3v) is 5.18. The Hall–Kier alpha value is -1.60. The first-order valence-corrected chi connectivity index (χ1v) is 9.77. The lowest BCUT2D eigenvalue weighted by molar-refractivity contribution is -0.116. The van der Waals surface area contributed by atoms with Crippen LogP contribution in [-0.2, 0) is 14.8 Å². The van der Waals surface area contributed by atoms with Crippen LogP contribution < -0.4 is 15.4 Å². The Morgan fingerprint density at radius 1 is 1.26 bits per heavy atom. The maximum Gasteiger partial charge on any atom is 0.232 e. The molecular weight excluding hydrogens is 314 g/mol. The largest absolute Gasteiger partial charge is 0.326 e. The average Bonchev–Trinajstić information content (AvgIpc) is 3.00. The summed E-state index contributed by atoms with van der Waals surface area (Å²) in [5.74, 6) is 0.0943. The molecule has 0 spiro atoms. The van der Waals surface area contributed by atoms with Crippen molar-refractivity contribution in [1.82, 2.24) is 5.32 Å². The van der Waals surface area contributed by atoms with Crippen molar-refractivity contribution in [2.45, 2.75) is 45.1 Å². The van der Waals surface area contributed by atoms with Crippen molar-refractivity contribution in [3.63, 3.8) is 0 Å². The summed E-state index contributed by atoms with van der Waals surface area (Å²) in [5, 5.41) is 6.12. The zero-order chi connectivity index (χ0) is 16.7. The molecule has 1 aromatic rings. The number of benzene rings is 1. The quantitative estimate of drug-likeness (QED) is 0.678. The molecule has 0 radical (unpaired) electrons. The minimum Gasteiger partial charge on any atom is -0.326 e. The van der Waals surface area contributed by atoms with E-state index >= 15 is 0 Å². The highest BCUT2D eigenvalue weighted by molar-refractivity contribution is 7.92. The zero-order valence-corrected chi connectivity index (χ0v) is 14.3. The molecule has 2 rings (SSSR count). The van der Waals surface area contributed by atoms with E-state index in [4.69, 9.17) is 0 Å². The SMILES string of the molecule is CCCCS(=O)(=O)Nc1ccc(NC(=O)CC2CCCN2)cc1. The summed E-state index contributed by atoms with van der Waals surface area (Å²) < 4.78 is 26.2. The first kappa shape index (κ1) is 17.7. The molecular formula is C16H25N3O3S. The van der Waals surface area contributed by atoms with Crippen LogP contribution in [0, 0.1) is 0 Å². The topological polar surface area (TPSA) is 87.3 Å². The number of anilines is 2. The first-order chi connectivity index (χ1) is 11.0. The van der Waals surface area contributed by atoms with E-state index in [1.54, 1.807) is 24.3 Å². The van der Waals surface area contributed by atoms with Crippen LogP contribution in [0.1, 0.15) is 39.0 Å². The lowest BCUT2D eigenvalue weighted by atomic mass is 10.1. The fourth-order valence-electron chi connectivity index (χ4n) is 2.55. The minimum absolute atomic E-state index is 0.0272. The molecule has 3 N–H and O–H groups in total. The van der Waals surface area contributed by atoms with Gasteiger partial charge in [0.25, 0.3) is 0 Å². The number of hydrogen-bond donors (Lipinski definition) is 3. The van der Waals surface area contributed by atoms with Crippen LogP contribution in [0.4, 0.5) is 11.4 Å². The number of nitrogens with one attached hydrogen (secondary N) is 3. The van der Waals surface area contributed by atoms with Crippen molar-refractivity contribution in [2.75, 3.05) is 22.3 Å². The Morgan fingerprint density at radius 3 is 2.57 bits per heavy atom. The third-order valence-electron chi connectivity index (χ3n) is 3.80. The maximum absolute atomic E-state index is 11.9. The molecule has 128 valence electrons. The Morgan fingerprint density at radius 2 is 1.96 bits per heavy atom. The van der Waals surface area contributed by atoms with E-state index in [2.05, 4.69) is 15.4 Å². The molecule has 1 amide bonds. The fourth-order valence-corrected chi connectivity index (χ4v) is 3.82. The highest BCUT2D eigenvalue weighted by atomic mass is 32.2. The summed E-state index contributed by atoms with van der Waals surface area (Å²) >= 11 is 0. The lowest BCUT2D eigenvalue weighted by Crippen LogP contribution is -2.27. The summed E-state index contributed by atoms with van der Waals surface area (Å²) in [7, 11) is -3.29. The van der Waals surface area contributed by atoms with Gasteiger partial charge in [-0.1, -0.05) is 13.3 Å². The van der Waals surface area contributed by atoms with E-state index < -0.39 is 10.0 Å². The molecule has 1 atom stereocenters. The standard InChI is InChI=1S/C16H25N3O3S/c1-2-3-11-23(21,22)19-14-8-6-13(7-9-14)18-16(20)12-15-5-4-10-17-15/h6-9,15,17,19H,2-5,10-12H2,1H3,(H,18,20). The maximum atomic E-state index is 11.9. The minimum atomic E-state index is -3.29. The van der Waals surface area contributed by atoms with Crippen molar-refractivity contribution in [3.8, 4) is 0 Å². The first-order valence-electron chi connectivity index (χ1n) is 8.12. The van der Waals surface area contributed by atoms with Gasteiger partial charge in [0.2, 0.25) is 15.9 Å². The van der Waals surface area contributed by atoms with Crippen LogP contribution in [0.2, 0.25) is 0 Å². The predicted octanol–water partition coefficient (Wildman–Crippen LogP) is 2.31. The summed E-state index contributed by atoms with van der Waals surface area (Å²) in [5.41, 5.74) is 1.18. The molecule has 0 saturated carbocycles. The molecule has 1 aromatic carbocycles. The van der Waals surface area contributed by atoms with Crippen LogP contribution in [0.3, 0.4) is 0 Å².